The van der Waals surface area contributed by atoms with Gasteiger partial charge in [-0.15, -0.1) is 0 Å². The number of alkyl halides is 3. The molecular weight excluding hydrogens is 417 g/mol. The number of hydrogen-bond acceptors (Lipinski definition) is 3. The Morgan fingerprint density at radius 1 is 1.33 bits per heavy atom. The first kappa shape index (κ1) is 22.6. The molecule has 1 aliphatic rings. The molecule has 5 nitrogen and oxygen atoms in total. The highest BCUT2D eigenvalue weighted by Gasteiger charge is 2.42. The number of hydrogen-bond donors (Lipinski definition) is 1. The van der Waals surface area contributed by atoms with Gasteiger partial charge >= 0.3 is 6.18 Å². The molecule has 1 heterocycles. The van der Waals surface area contributed by atoms with Gasteiger partial charge in [-0.1, -0.05) is 31.4 Å². The first-order valence-corrected chi connectivity index (χ1v) is 10.3. The summed E-state index contributed by atoms with van der Waals surface area (Å²) in [5, 5.41) is 6.98. The number of carbonyl (C=O) groups is 1. The molecule has 1 aromatic carbocycles. The maximum atomic E-state index is 13.8. The van der Waals surface area contributed by atoms with E-state index in [2.05, 4.69) is 22.2 Å². The Morgan fingerprint density at radius 3 is 2.57 bits per heavy atom. The molecule has 2 atom stereocenters. The smallest absolute Gasteiger partial charge is 0.350 e. The lowest BCUT2D eigenvalue weighted by Gasteiger charge is -2.45. The van der Waals surface area contributed by atoms with Crippen molar-refractivity contribution in [3.05, 3.63) is 46.7 Å². The second-order valence-corrected chi connectivity index (χ2v) is 8.73. The van der Waals surface area contributed by atoms with Gasteiger partial charge < -0.3 is 10.2 Å². The monoisotopic (exact) mass is 442 g/mol. The Labute approximate surface area is 179 Å². The molecule has 1 fully saturated rings. The summed E-state index contributed by atoms with van der Waals surface area (Å²) < 4.78 is 42.3. The minimum Gasteiger partial charge on any atom is -0.350 e. The van der Waals surface area contributed by atoms with Gasteiger partial charge in [0.05, 0.1) is 17.4 Å². The first-order chi connectivity index (χ1) is 14.0. The number of halogens is 4. The molecule has 3 rings (SSSR count). The van der Waals surface area contributed by atoms with E-state index in [0.29, 0.717) is 10.9 Å². The Balaban J connectivity index is 1.88. The summed E-state index contributed by atoms with van der Waals surface area (Å²) >= 11 is 5.83. The van der Waals surface area contributed by atoms with Gasteiger partial charge in [0.2, 0.25) is 0 Å². The van der Waals surface area contributed by atoms with E-state index in [1.165, 1.54) is 24.3 Å². The fourth-order valence-corrected chi connectivity index (χ4v) is 4.39. The van der Waals surface area contributed by atoms with Crippen molar-refractivity contribution < 1.29 is 18.0 Å². The molecule has 2 aromatic rings. The fourth-order valence-electron chi connectivity index (χ4n) is 4.26. The predicted molar refractivity (Wildman–Crippen MR) is 110 cm³/mol. The molecular formula is C21H26ClF3N4O. The van der Waals surface area contributed by atoms with Crippen molar-refractivity contribution in [1.82, 2.24) is 20.0 Å². The number of nitrogens with zero attached hydrogens (tertiary/aromatic N) is 3. The molecule has 0 spiro atoms. The maximum Gasteiger partial charge on any atom is 0.434 e. The molecule has 1 saturated carbocycles. The van der Waals surface area contributed by atoms with Crippen LogP contribution < -0.4 is 5.32 Å². The second-order valence-electron chi connectivity index (χ2n) is 8.30. The van der Waals surface area contributed by atoms with Gasteiger partial charge in [0.1, 0.15) is 0 Å². The van der Waals surface area contributed by atoms with Crippen LogP contribution in [-0.2, 0) is 6.18 Å². The summed E-state index contributed by atoms with van der Waals surface area (Å²) in [6.45, 7) is 2.45. The lowest BCUT2D eigenvalue weighted by molar-refractivity contribution is -0.143. The lowest BCUT2D eigenvalue weighted by atomic mass is 9.75. The highest BCUT2D eigenvalue weighted by atomic mass is 35.5. The molecule has 0 bridgehead atoms. The van der Waals surface area contributed by atoms with E-state index in [1.807, 2.05) is 14.1 Å². The van der Waals surface area contributed by atoms with Gasteiger partial charge in [0, 0.05) is 17.1 Å². The predicted octanol–water partition coefficient (Wildman–Crippen LogP) is 4.78. The average Bonchev–Trinajstić information content (AvgIpc) is 3.12. The molecule has 9 heteroatoms. The molecule has 0 aliphatic heterocycles. The van der Waals surface area contributed by atoms with Crippen molar-refractivity contribution in [2.45, 2.75) is 44.3 Å². The van der Waals surface area contributed by atoms with Crippen LogP contribution >= 0.6 is 11.6 Å². The zero-order valence-electron chi connectivity index (χ0n) is 17.3. The molecule has 1 N–H and O–H groups in total. The normalized spacial score (nSPS) is 22.3. The van der Waals surface area contributed by atoms with Crippen molar-refractivity contribution in [1.29, 1.82) is 0 Å². The van der Waals surface area contributed by atoms with Gasteiger partial charge in [0.15, 0.2) is 5.69 Å². The summed E-state index contributed by atoms with van der Waals surface area (Å²) in [6, 6.07) is 5.81. The zero-order valence-corrected chi connectivity index (χ0v) is 18.0. The van der Waals surface area contributed by atoms with Crippen LogP contribution in [0.25, 0.3) is 5.69 Å². The third-order valence-electron chi connectivity index (χ3n) is 5.95. The van der Waals surface area contributed by atoms with E-state index >= 15 is 0 Å². The van der Waals surface area contributed by atoms with Crippen molar-refractivity contribution in [3.63, 3.8) is 0 Å². The molecule has 1 aliphatic carbocycles. The fraction of sp³-hybridized carbons (Fsp3) is 0.524. The SMILES string of the molecule is C[C@@H]1CCC[C@@](CNC(=O)c2cnn(-c3ccc(Cl)cc3)c2C(F)(F)F)(N(C)C)C1. The Kier molecular flexibility index (Phi) is 6.48. The van der Waals surface area contributed by atoms with Gasteiger partial charge in [-0.05, 0) is 57.1 Å². The van der Waals surface area contributed by atoms with Crippen molar-refractivity contribution in [3.8, 4) is 5.69 Å². The van der Waals surface area contributed by atoms with Crippen LogP contribution in [0.1, 0.15) is 48.7 Å². The lowest BCUT2D eigenvalue weighted by Crippen LogP contribution is -2.55. The third-order valence-corrected chi connectivity index (χ3v) is 6.20. The van der Waals surface area contributed by atoms with E-state index in [4.69, 9.17) is 11.6 Å². The van der Waals surface area contributed by atoms with Gasteiger partial charge in [0.25, 0.3) is 5.91 Å². The van der Waals surface area contributed by atoms with Crippen molar-refractivity contribution >= 4 is 17.5 Å². The topological polar surface area (TPSA) is 50.2 Å². The number of benzene rings is 1. The van der Waals surface area contributed by atoms with E-state index < -0.39 is 23.3 Å². The minimum absolute atomic E-state index is 0.177. The third kappa shape index (κ3) is 4.64. The number of likely N-dealkylation sites (N-methyl/N-ethyl adjacent to an activating group) is 1. The van der Waals surface area contributed by atoms with Gasteiger partial charge in [-0.3, -0.25) is 4.79 Å². The highest BCUT2D eigenvalue weighted by Crippen LogP contribution is 2.36. The van der Waals surface area contributed by atoms with E-state index in [9.17, 15) is 18.0 Å². The Hall–Kier alpha value is -2.06. The van der Waals surface area contributed by atoms with Gasteiger partial charge in [-0.25, -0.2) is 4.68 Å². The van der Waals surface area contributed by atoms with Crippen LogP contribution in [0, 0.1) is 5.92 Å². The molecule has 0 radical (unpaired) electrons. The number of amides is 1. The van der Waals surface area contributed by atoms with Crippen molar-refractivity contribution in [2.24, 2.45) is 5.92 Å². The maximum absolute atomic E-state index is 13.8. The van der Waals surface area contributed by atoms with E-state index in [1.54, 1.807) is 0 Å². The molecule has 30 heavy (non-hydrogen) atoms. The molecule has 1 aromatic heterocycles. The average molecular weight is 443 g/mol. The highest BCUT2D eigenvalue weighted by molar-refractivity contribution is 6.30. The summed E-state index contributed by atoms with van der Waals surface area (Å²) in [7, 11) is 3.90. The molecule has 0 saturated heterocycles. The van der Waals surface area contributed by atoms with E-state index in [-0.39, 0.29) is 17.8 Å². The summed E-state index contributed by atoms with van der Waals surface area (Å²) in [5.41, 5.74) is -1.68. The van der Waals surface area contributed by atoms with Crippen LogP contribution in [0.15, 0.2) is 30.5 Å². The summed E-state index contributed by atoms with van der Waals surface area (Å²) in [6.07, 6.45) is 0.143. The molecule has 0 unspecified atom stereocenters. The first-order valence-electron chi connectivity index (χ1n) is 9.90. The van der Waals surface area contributed by atoms with Crippen LogP contribution in [0.5, 0.6) is 0 Å². The zero-order chi connectivity index (χ0) is 22.1. The van der Waals surface area contributed by atoms with Crippen LogP contribution in [0.3, 0.4) is 0 Å². The minimum atomic E-state index is -4.75. The van der Waals surface area contributed by atoms with Crippen LogP contribution in [0.4, 0.5) is 13.2 Å². The number of nitrogens with one attached hydrogen (secondary N) is 1. The summed E-state index contributed by atoms with van der Waals surface area (Å²) in [5.74, 6) is -0.279. The van der Waals surface area contributed by atoms with E-state index in [0.717, 1.165) is 36.6 Å². The molecule has 1 amide bonds. The number of rotatable bonds is 5. The van der Waals surface area contributed by atoms with Crippen LogP contribution in [0.2, 0.25) is 5.02 Å². The van der Waals surface area contributed by atoms with Crippen molar-refractivity contribution in [2.75, 3.05) is 20.6 Å². The molecule has 164 valence electrons. The Bertz CT molecular complexity index is 895. The quantitative estimate of drug-likeness (QED) is 0.724. The second kappa shape index (κ2) is 8.59. The Morgan fingerprint density at radius 2 is 2.00 bits per heavy atom. The number of aromatic nitrogens is 2. The summed E-state index contributed by atoms with van der Waals surface area (Å²) in [4.78, 5) is 14.9. The number of carbonyl (C=O) groups excluding carboxylic acids is 1. The van der Waals surface area contributed by atoms with Crippen LogP contribution in [-0.4, -0.2) is 46.8 Å². The standard InChI is InChI=1S/C21H26ClF3N4O/c1-14-5-4-10-20(11-14,28(2)3)13-26-19(30)17-12-27-29(18(17)21(23,24)25)16-8-6-15(22)7-9-16/h6-9,12,14H,4-5,10-11,13H2,1-3H3,(H,26,30)/t14-,20-/m1/s1. The van der Waals surface area contributed by atoms with Gasteiger partial charge in [-0.2, -0.15) is 18.3 Å². The largest absolute Gasteiger partial charge is 0.434 e.